The van der Waals surface area contributed by atoms with Gasteiger partial charge in [-0.15, -0.1) is 0 Å². The Kier molecular flexibility index (Phi) is 6.40. The van der Waals surface area contributed by atoms with Gasteiger partial charge in [0, 0.05) is 11.9 Å². The quantitative estimate of drug-likeness (QED) is 0.451. The van der Waals surface area contributed by atoms with Crippen LogP contribution in [0.25, 0.3) is 11.0 Å². The van der Waals surface area contributed by atoms with E-state index in [1.54, 1.807) is 18.2 Å². The van der Waals surface area contributed by atoms with Crippen LogP contribution in [0.4, 0.5) is 0 Å². The lowest BCUT2D eigenvalue weighted by molar-refractivity contribution is -0.129. The van der Waals surface area contributed by atoms with E-state index in [2.05, 4.69) is 0 Å². The molecule has 0 saturated heterocycles. The van der Waals surface area contributed by atoms with E-state index in [-0.39, 0.29) is 11.3 Å². The molecule has 0 bridgehead atoms. The first-order valence-electron chi connectivity index (χ1n) is 11.1. The highest BCUT2D eigenvalue weighted by molar-refractivity contribution is 6.16. The number of aliphatic hydroxyl groups excluding tert-OH is 1. The molecule has 1 amide bonds. The van der Waals surface area contributed by atoms with Crippen LogP contribution in [-0.4, -0.2) is 42.0 Å². The zero-order chi connectivity index (χ0) is 23.5. The molecule has 1 aliphatic rings. The number of furan rings is 1. The van der Waals surface area contributed by atoms with Gasteiger partial charge in [-0.3, -0.25) is 9.59 Å². The van der Waals surface area contributed by atoms with Crippen LogP contribution in [0, 0.1) is 0 Å². The third kappa shape index (κ3) is 4.06. The van der Waals surface area contributed by atoms with Gasteiger partial charge in [0.1, 0.15) is 5.75 Å². The molecule has 4 rings (SSSR count). The van der Waals surface area contributed by atoms with Crippen molar-refractivity contribution in [1.29, 1.82) is 0 Å². The number of amides is 1. The normalized spacial score (nSPS) is 16.0. The van der Waals surface area contributed by atoms with E-state index in [4.69, 9.17) is 13.9 Å². The number of ketones is 1. The van der Waals surface area contributed by atoms with E-state index in [0.717, 1.165) is 6.42 Å². The zero-order valence-corrected chi connectivity index (χ0v) is 19.0. The SMILES string of the molecule is CCCOc1ccc(C2C(C(=O)c3cc4cccc(OC)c4o3)=C(O)C(=O)N2CCC)cc1. The smallest absolute Gasteiger partial charge is 0.290 e. The second-order valence-corrected chi connectivity index (χ2v) is 7.90. The molecular formula is C26H27NO6. The van der Waals surface area contributed by atoms with Crippen molar-refractivity contribution in [3.63, 3.8) is 0 Å². The molecule has 1 aliphatic heterocycles. The van der Waals surface area contributed by atoms with Crippen molar-refractivity contribution in [2.24, 2.45) is 0 Å². The number of nitrogens with zero attached hydrogens (tertiary/aromatic N) is 1. The highest BCUT2D eigenvalue weighted by atomic mass is 16.5. The fourth-order valence-corrected chi connectivity index (χ4v) is 4.11. The second kappa shape index (κ2) is 9.40. The maximum atomic E-state index is 13.6. The molecule has 0 fully saturated rings. The lowest BCUT2D eigenvalue weighted by Gasteiger charge is -2.26. The molecule has 1 unspecified atom stereocenters. The minimum Gasteiger partial charge on any atom is -0.503 e. The topological polar surface area (TPSA) is 89.2 Å². The number of rotatable bonds is 9. The molecule has 0 radical (unpaired) electrons. The molecule has 33 heavy (non-hydrogen) atoms. The van der Waals surface area contributed by atoms with Crippen molar-refractivity contribution < 1.29 is 28.6 Å². The molecular weight excluding hydrogens is 422 g/mol. The Morgan fingerprint density at radius 3 is 2.55 bits per heavy atom. The van der Waals surface area contributed by atoms with Gasteiger partial charge in [-0.05, 0) is 42.7 Å². The van der Waals surface area contributed by atoms with E-state index >= 15 is 0 Å². The Hall–Kier alpha value is -3.74. The van der Waals surface area contributed by atoms with Crippen LogP contribution in [0.5, 0.6) is 11.5 Å². The van der Waals surface area contributed by atoms with Gasteiger partial charge < -0.3 is 23.9 Å². The summed E-state index contributed by atoms with van der Waals surface area (Å²) in [6, 6.07) is 13.5. The highest BCUT2D eigenvalue weighted by Crippen LogP contribution is 2.40. The van der Waals surface area contributed by atoms with Crippen molar-refractivity contribution in [2.75, 3.05) is 20.3 Å². The van der Waals surface area contributed by atoms with Gasteiger partial charge >= 0.3 is 0 Å². The molecule has 3 aromatic rings. The number of para-hydroxylation sites is 1. The summed E-state index contributed by atoms with van der Waals surface area (Å²) in [6.45, 7) is 4.96. The molecule has 0 spiro atoms. The molecule has 0 saturated carbocycles. The predicted molar refractivity (Wildman–Crippen MR) is 124 cm³/mol. The summed E-state index contributed by atoms with van der Waals surface area (Å²) >= 11 is 0. The number of Topliss-reactive ketones (excluding diaryl/α,β-unsaturated/α-hetero) is 1. The van der Waals surface area contributed by atoms with Gasteiger partial charge in [0.15, 0.2) is 22.9 Å². The van der Waals surface area contributed by atoms with Gasteiger partial charge in [-0.1, -0.05) is 38.1 Å². The first kappa shape index (κ1) is 22.5. The van der Waals surface area contributed by atoms with E-state index in [1.165, 1.54) is 12.0 Å². The first-order chi connectivity index (χ1) is 16.0. The maximum Gasteiger partial charge on any atom is 0.290 e. The average Bonchev–Trinajstić information content (AvgIpc) is 3.38. The third-order valence-corrected chi connectivity index (χ3v) is 5.63. The van der Waals surface area contributed by atoms with Crippen LogP contribution in [0.1, 0.15) is 48.8 Å². The molecule has 7 nitrogen and oxygen atoms in total. The number of carbonyl (C=O) groups excluding carboxylic acids is 2. The first-order valence-corrected chi connectivity index (χ1v) is 11.1. The van der Waals surface area contributed by atoms with Crippen molar-refractivity contribution in [3.05, 3.63) is 71.2 Å². The molecule has 0 aliphatic carbocycles. The maximum absolute atomic E-state index is 13.6. The van der Waals surface area contributed by atoms with Gasteiger partial charge in [0.2, 0.25) is 5.78 Å². The van der Waals surface area contributed by atoms with Crippen LogP contribution in [0.3, 0.4) is 0 Å². The molecule has 7 heteroatoms. The number of methoxy groups -OCH3 is 1. The number of hydrogen-bond donors (Lipinski definition) is 1. The molecule has 2 aromatic carbocycles. The standard InChI is InChI=1S/C26H27NO6/c1-4-13-27-22(16-9-11-18(12-10-16)32-14-5-2)21(24(29)26(27)30)23(28)20-15-17-7-6-8-19(31-3)25(17)33-20/h6-12,15,22,29H,4-5,13-14H2,1-3H3. The van der Waals surface area contributed by atoms with Crippen LogP contribution in [-0.2, 0) is 4.79 Å². The summed E-state index contributed by atoms with van der Waals surface area (Å²) in [4.78, 5) is 28.0. The monoisotopic (exact) mass is 449 g/mol. The number of ether oxygens (including phenoxy) is 2. The Morgan fingerprint density at radius 1 is 1.12 bits per heavy atom. The van der Waals surface area contributed by atoms with E-state index < -0.39 is 23.5 Å². The fraction of sp³-hybridized carbons (Fsp3) is 0.308. The van der Waals surface area contributed by atoms with Crippen LogP contribution in [0.2, 0.25) is 0 Å². The van der Waals surface area contributed by atoms with E-state index in [1.807, 2.05) is 44.2 Å². The van der Waals surface area contributed by atoms with Crippen LogP contribution in [0.15, 0.2) is 64.3 Å². The lowest BCUT2D eigenvalue weighted by atomic mass is 9.95. The summed E-state index contributed by atoms with van der Waals surface area (Å²) in [6.07, 6.45) is 1.57. The molecule has 1 atom stereocenters. The Bertz CT molecular complexity index is 1210. The fourth-order valence-electron chi connectivity index (χ4n) is 4.11. The van der Waals surface area contributed by atoms with Crippen molar-refractivity contribution in [1.82, 2.24) is 4.90 Å². The number of benzene rings is 2. The largest absolute Gasteiger partial charge is 0.503 e. The summed E-state index contributed by atoms with van der Waals surface area (Å²) in [5.74, 6) is -0.400. The Labute approximate surface area is 192 Å². The summed E-state index contributed by atoms with van der Waals surface area (Å²) in [5.41, 5.74) is 1.16. The number of aliphatic hydroxyl groups is 1. The van der Waals surface area contributed by atoms with Gasteiger partial charge in [-0.2, -0.15) is 0 Å². The number of fused-ring (bicyclic) bond motifs is 1. The average molecular weight is 450 g/mol. The predicted octanol–water partition coefficient (Wildman–Crippen LogP) is 5.22. The number of hydrogen-bond acceptors (Lipinski definition) is 6. The van der Waals surface area contributed by atoms with Gasteiger partial charge in [0.05, 0.1) is 25.3 Å². The second-order valence-electron chi connectivity index (χ2n) is 7.90. The van der Waals surface area contributed by atoms with Crippen molar-refractivity contribution >= 4 is 22.7 Å². The van der Waals surface area contributed by atoms with Crippen molar-refractivity contribution in [3.8, 4) is 11.5 Å². The molecule has 1 aromatic heterocycles. The number of carbonyl (C=O) groups is 2. The third-order valence-electron chi connectivity index (χ3n) is 5.63. The Balaban J connectivity index is 1.75. The molecule has 172 valence electrons. The van der Waals surface area contributed by atoms with Gasteiger partial charge in [0.25, 0.3) is 5.91 Å². The Morgan fingerprint density at radius 2 is 1.88 bits per heavy atom. The lowest BCUT2D eigenvalue weighted by Crippen LogP contribution is -2.31. The van der Waals surface area contributed by atoms with E-state index in [9.17, 15) is 14.7 Å². The van der Waals surface area contributed by atoms with Gasteiger partial charge in [-0.25, -0.2) is 0 Å². The molecule has 2 heterocycles. The summed E-state index contributed by atoms with van der Waals surface area (Å²) < 4.78 is 16.8. The zero-order valence-electron chi connectivity index (χ0n) is 19.0. The minimum atomic E-state index is -0.722. The summed E-state index contributed by atoms with van der Waals surface area (Å²) in [5, 5.41) is 11.4. The highest BCUT2D eigenvalue weighted by Gasteiger charge is 2.44. The minimum absolute atomic E-state index is 0.00806. The summed E-state index contributed by atoms with van der Waals surface area (Å²) in [7, 11) is 1.52. The van der Waals surface area contributed by atoms with Crippen LogP contribution >= 0.6 is 0 Å². The molecule has 1 N–H and O–H groups in total. The van der Waals surface area contributed by atoms with E-state index in [0.29, 0.717) is 47.6 Å². The van der Waals surface area contributed by atoms with Crippen LogP contribution < -0.4 is 9.47 Å². The van der Waals surface area contributed by atoms with Crippen molar-refractivity contribution in [2.45, 2.75) is 32.7 Å².